The van der Waals surface area contributed by atoms with Gasteiger partial charge in [-0.15, -0.1) is 0 Å². The van der Waals surface area contributed by atoms with Crippen molar-refractivity contribution in [3.63, 3.8) is 0 Å². The number of aliphatic carboxylic acids is 1. The van der Waals surface area contributed by atoms with Crippen molar-refractivity contribution >= 4 is 74.2 Å². The molecule has 61 heavy (non-hydrogen) atoms. The normalized spacial score (nSPS) is 17.1. The van der Waals surface area contributed by atoms with Crippen LogP contribution in [-0.2, 0) is 16.4 Å². The fraction of sp³-hybridized carbons (Fsp3) is 0.450. The lowest BCUT2D eigenvalue weighted by Crippen LogP contribution is -2.59. The molecule has 0 unspecified atom stereocenters. The van der Waals surface area contributed by atoms with Gasteiger partial charge in [0.25, 0.3) is 0 Å². The van der Waals surface area contributed by atoms with Crippen LogP contribution in [0.3, 0.4) is 0 Å². The number of rotatable bonds is 11. The highest BCUT2D eigenvalue weighted by molar-refractivity contribution is 9.10. The number of nitrogens with one attached hydrogen (secondary N) is 3. The number of aromatic nitrogens is 6. The van der Waals surface area contributed by atoms with Crippen molar-refractivity contribution < 1.29 is 32.4 Å². The molecule has 4 N–H and O–H groups in total. The molecule has 0 amide bonds. The molecule has 0 aliphatic carbocycles. The predicted octanol–water partition coefficient (Wildman–Crippen LogP) is 5.77. The average molecular weight is 930 g/mol. The van der Waals surface area contributed by atoms with Crippen molar-refractivity contribution in [3.05, 3.63) is 59.7 Å². The largest absolute Gasteiger partial charge is 0.494 e. The summed E-state index contributed by atoms with van der Waals surface area (Å²) in [4.78, 5) is 35.1. The summed E-state index contributed by atoms with van der Waals surface area (Å²) in [5.74, 6) is -0.424. The maximum atomic E-state index is 13.5. The van der Waals surface area contributed by atoms with Gasteiger partial charge in [-0.25, -0.2) is 9.78 Å². The van der Waals surface area contributed by atoms with Crippen LogP contribution < -0.4 is 30.9 Å². The minimum Gasteiger partial charge on any atom is -0.494 e. The van der Waals surface area contributed by atoms with Gasteiger partial charge in [-0.05, 0) is 79.3 Å². The number of fused-ring (bicyclic) bond motifs is 1. The van der Waals surface area contributed by atoms with Gasteiger partial charge in [0.15, 0.2) is 0 Å². The molecule has 21 heteroatoms. The van der Waals surface area contributed by atoms with E-state index >= 15 is 0 Å². The van der Waals surface area contributed by atoms with Crippen LogP contribution in [0.25, 0.3) is 22.2 Å². The number of methoxy groups -OCH3 is 1. The van der Waals surface area contributed by atoms with Crippen LogP contribution in [-0.4, -0.2) is 142 Å². The number of benzene rings is 2. The molecule has 3 aliphatic heterocycles. The number of carbonyl (C=O) groups is 1. The van der Waals surface area contributed by atoms with Gasteiger partial charge >= 0.3 is 12.1 Å². The zero-order valence-corrected chi connectivity index (χ0v) is 36.8. The molecule has 3 fully saturated rings. The van der Waals surface area contributed by atoms with E-state index in [2.05, 4.69) is 78.8 Å². The van der Waals surface area contributed by atoms with Crippen molar-refractivity contribution in [2.24, 2.45) is 13.0 Å². The van der Waals surface area contributed by atoms with Crippen molar-refractivity contribution in [1.29, 1.82) is 0 Å². The Morgan fingerprint density at radius 1 is 1.00 bits per heavy atom. The Hall–Kier alpha value is -4.88. The van der Waals surface area contributed by atoms with Gasteiger partial charge < -0.3 is 35.3 Å². The van der Waals surface area contributed by atoms with E-state index in [9.17, 15) is 17.7 Å². The molecule has 6 heterocycles. The maximum absolute atomic E-state index is 13.5. The fourth-order valence-corrected chi connectivity index (χ4v) is 9.57. The summed E-state index contributed by atoms with van der Waals surface area (Å²) in [6.07, 6.45) is 6.40. The molecule has 5 aromatic rings. The highest BCUT2D eigenvalue weighted by Gasteiger charge is 2.38. The second-order valence-corrected chi connectivity index (χ2v) is 19.7. The number of hydrogen-bond acceptors (Lipinski definition) is 14. The molecule has 3 aromatic heterocycles. The molecule has 0 spiro atoms. The lowest BCUT2D eigenvalue weighted by molar-refractivity contribution is -0.192. The molecule has 0 radical (unpaired) electrons. The number of alkyl halides is 3. The third-order valence-electron chi connectivity index (χ3n) is 11.1. The van der Waals surface area contributed by atoms with Gasteiger partial charge in [0.1, 0.15) is 24.2 Å². The molecule has 0 atom stereocenters. The third-order valence-corrected chi connectivity index (χ3v) is 13.2. The minimum absolute atomic E-state index is 0.367. The summed E-state index contributed by atoms with van der Waals surface area (Å²) in [5.41, 5.74) is 5.84. The molecule has 0 bridgehead atoms. The summed E-state index contributed by atoms with van der Waals surface area (Å²) in [5, 5.41) is 22.5. The summed E-state index contributed by atoms with van der Waals surface area (Å²) < 4.78 is 53.7. The van der Waals surface area contributed by atoms with Gasteiger partial charge in [0.05, 0.1) is 40.0 Å². The van der Waals surface area contributed by atoms with Gasteiger partial charge in [0, 0.05) is 107 Å². The van der Waals surface area contributed by atoms with E-state index in [1.165, 1.54) is 32.5 Å². The van der Waals surface area contributed by atoms with Crippen LogP contribution in [0.2, 0.25) is 0 Å². The van der Waals surface area contributed by atoms with Crippen molar-refractivity contribution in [1.82, 2.24) is 44.8 Å². The van der Waals surface area contributed by atoms with Gasteiger partial charge in [-0.1, -0.05) is 0 Å². The van der Waals surface area contributed by atoms with Crippen LogP contribution in [0.1, 0.15) is 12.8 Å². The number of likely N-dealkylation sites (tertiary alicyclic amines) is 1. The first-order valence-corrected chi connectivity index (χ1v) is 23.3. The molecule has 0 saturated carbocycles. The number of ether oxygens (including phenoxy) is 1. The number of carboxylic acids is 1. The van der Waals surface area contributed by atoms with E-state index in [0.29, 0.717) is 44.0 Å². The van der Waals surface area contributed by atoms with Gasteiger partial charge in [0.2, 0.25) is 5.95 Å². The molecule has 8 rings (SSSR count). The average Bonchev–Trinajstić information content (AvgIpc) is 3.64. The highest BCUT2D eigenvalue weighted by Crippen LogP contribution is 2.43. The Morgan fingerprint density at radius 2 is 1.70 bits per heavy atom. The molecule has 326 valence electrons. The number of nitrogens with zero attached hydrogens (tertiary/aromatic N) is 9. The number of carboxylic acid groups (broad SMARTS) is 1. The fourth-order valence-electron chi connectivity index (χ4n) is 7.89. The van der Waals surface area contributed by atoms with Crippen LogP contribution in [0.15, 0.2) is 59.7 Å². The monoisotopic (exact) mass is 928 g/mol. The first kappa shape index (κ1) is 44.2. The van der Waals surface area contributed by atoms with Crippen LogP contribution in [0.5, 0.6) is 5.75 Å². The Kier molecular flexibility index (Phi) is 13.5. The number of aryl methyl sites for hydroxylation is 1. The Balaban J connectivity index is 0.000000739. The Labute approximate surface area is 359 Å². The van der Waals surface area contributed by atoms with E-state index in [-0.39, 0.29) is 0 Å². The third kappa shape index (κ3) is 10.6. The SMILES string of the molecule is COc1cc(N2CCN(CC3CCN(C4CNC4)CC3)CC2)c(-c2cnn(C)c2)cc1Nc1ncc(Br)c(Nc2ccc3nccnc3c2P(C)(C)=O)n1.O=C(O)C(F)(F)F. The van der Waals surface area contributed by atoms with Crippen LogP contribution >= 0.6 is 23.1 Å². The van der Waals surface area contributed by atoms with Crippen LogP contribution in [0.4, 0.5) is 42.0 Å². The molecular weight excluding hydrogens is 880 g/mol. The van der Waals surface area contributed by atoms with Gasteiger partial charge in [-0.3, -0.25) is 24.4 Å². The topological polar surface area (TPSA) is 179 Å². The second-order valence-electron chi connectivity index (χ2n) is 15.7. The van der Waals surface area contributed by atoms with E-state index < -0.39 is 19.3 Å². The molecule has 2 aromatic carbocycles. The van der Waals surface area contributed by atoms with E-state index in [1.807, 2.05) is 36.3 Å². The molecule has 3 saturated heterocycles. The van der Waals surface area contributed by atoms with Crippen molar-refractivity contribution in [3.8, 4) is 16.9 Å². The highest BCUT2D eigenvalue weighted by atomic mass is 79.9. The number of halogens is 4. The number of piperidine rings is 1. The summed E-state index contributed by atoms with van der Waals surface area (Å²) >= 11 is 3.61. The molecule has 3 aliphatic rings. The molecule has 16 nitrogen and oxygen atoms in total. The first-order valence-electron chi connectivity index (χ1n) is 19.9. The van der Waals surface area contributed by atoms with E-state index in [4.69, 9.17) is 19.6 Å². The van der Waals surface area contributed by atoms with Gasteiger partial charge in [-0.2, -0.15) is 23.3 Å². The molecular formula is C40H49BrF3N12O4P. The van der Waals surface area contributed by atoms with E-state index in [1.54, 1.807) is 39.0 Å². The van der Waals surface area contributed by atoms with Crippen molar-refractivity contribution in [2.75, 3.05) is 94.9 Å². The zero-order chi connectivity index (χ0) is 43.5. The summed E-state index contributed by atoms with van der Waals surface area (Å²) in [6.45, 7) is 13.4. The quantitative estimate of drug-likeness (QED) is 0.117. The van der Waals surface area contributed by atoms with E-state index in [0.717, 1.165) is 73.7 Å². The first-order chi connectivity index (χ1) is 29.1. The number of hydrogen-bond donors (Lipinski definition) is 4. The summed E-state index contributed by atoms with van der Waals surface area (Å²) in [6, 6.07) is 8.70. The Morgan fingerprint density at radius 3 is 2.31 bits per heavy atom. The number of anilines is 5. The minimum atomic E-state index is -5.08. The maximum Gasteiger partial charge on any atom is 0.490 e. The Bertz CT molecular complexity index is 2400. The summed E-state index contributed by atoms with van der Waals surface area (Å²) in [7, 11) is 0.853. The standard InChI is InChI=1S/C38H48BrN12O2P.C2HF3O2/c1-48-24-26(19-44-48)28-17-32(34(53-2)18-33(28)51-15-13-49(14-16-51)23-25-7-11-50(12-8-25)27-20-40-21-27)46-38-43-22-29(39)37(47-38)45-31-6-5-30-35(42-10-9-41-30)36(31)54(3,4)52;3-2(4,5)1(6)7/h5-6,9-10,17-19,22,24-25,27,40H,7-8,11-16,20-21,23H2,1-4H3,(H2,43,45,46,47);(H,6,7). The van der Waals surface area contributed by atoms with Crippen molar-refractivity contribution in [2.45, 2.75) is 25.1 Å². The van der Waals surface area contributed by atoms with Crippen LogP contribution in [0, 0.1) is 5.92 Å². The smallest absolute Gasteiger partial charge is 0.490 e. The zero-order valence-electron chi connectivity index (χ0n) is 34.3. The lowest BCUT2D eigenvalue weighted by atomic mass is 9.94. The predicted molar refractivity (Wildman–Crippen MR) is 233 cm³/mol. The number of piperazine rings is 1. The lowest BCUT2D eigenvalue weighted by Gasteiger charge is -2.44. The second kappa shape index (κ2) is 18.6.